The third kappa shape index (κ3) is 3.73. The Morgan fingerprint density at radius 2 is 2.26 bits per heavy atom. The highest BCUT2D eigenvalue weighted by atomic mass is 16.1. The zero-order valence-corrected chi connectivity index (χ0v) is 10.6. The maximum Gasteiger partial charge on any atom is 0.271 e. The number of amides is 1. The molecule has 0 saturated heterocycles. The van der Waals surface area contributed by atoms with Gasteiger partial charge in [0.15, 0.2) is 5.69 Å². The van der Waals surface area contributed by atoms with Crippen molar-refractivity contribution < 1.29 is 4.79 Å². The van der Waals surface area contributed by atoms with Gasteiger partial charge in [-0.2, -0.15) is 0 Å². The number of carbonyl (C=O) groups excluding carboxylic acids is 1. The molecule has 0 aliphatic heterocycles. The smallest absolute Gasteiger partial charge is 0.271 e. The monoisotopic (exact) mass is 261 g/mol. The van der Waals surface area contributed by atoms with Crippen molar-refractivity contribution in [3.05, 3.63) is 30.2 Å². The predicted molar refractivity (Wildman–Crippen MR) is 68.6 cm³/mol. The number of aromatic nitrogens is 5. The summed E-state index contributed by atoms with van der Waals surface area (Å²) in [4.78, 5) is 11.8. The van der Waals surface area contributed by atoms with Crippen molar-refractivity contribution in [1.82, 2.24) is 30.5 Å². The average Bonchev–Trinajstić information content (AvgIpc) is 2.93. The maximum atomic E-state index is 11.8. The molecule has 0 bridgehead atoms. The molecule has 100 valence electrons. The maximum absolute atomic E-state index is 11.8. The standard InChI is InChI=1S/C11H15N7O/c1-2-12-10-4-3-9(15-16-10)11(19)13-5-7-18-8-6-14-17-18/h3-4,6,8H,2,5,7H2,1H3,(H,12,16)(H,13,19). The normalized spacial score (nSPS) is 10.2. The first-order valence-electron chi connectivity index (χ1n) is 5.99. The zero-order valence-electron chi connectivity index (χ0n) is 10.6. The van der Waals surface area contributed by atoms with E-state index < -0.39 is 0 Å². The van der Waals surface area contributed by atoms with E-state index in [2.05, 4.69) is 31.1 Å². The quantitative estimate of drug-likeness (QED) is 0.755. The fourth-order valence-corrected chi connectivity index (χ4v) is 1.46. The molecule has 1 amide bonds. The second kappa shape index (κ2) is 6.43. The van der Waals surface area contributed by atoms with Crippen molar-refractivity contribution in [2.75, 3.05) is 18.4 Å². The summed E-state index contributed by atoms with van der Waals surface area (Å²) >= 11 is 0. The fraction of sp³-hybridized carbons (Fsp3) is 0.364. The molecule has 0 spiro atoms. The molecule has 8 nitrogen and oxygen atoms in total. The minimum atomic E-state index is -0.254. The van der Waals surface area contributed by atoms with Gasteiger partial charge in [0.05, 0.1) is 12.7 Å². The van der Waals surface area contributed by atoms with Gasteiger partial charge in [-0.15, -0.1) is 15.3 Å². The molecule has 2 N–H and O–H groups in total. The molecule has 8 heteroatoms. The Kier molecular flexibility index (Phi) is 4.38. The molecule has 2 rings (SSSR count). The lowest BCUT2D eigenvalue weighted by Crippen LogP contribution is -2.28. The molecule has 0 aliphatic rings. The van der Waals surface area contributed by atoms with Crippen molar-refractivity contribution in [3.8, 4) is 0 Å². The molecule has 0 radical (unpaired) electrons. The number of nitrogens with one attached hydrogen (secondary N) is 2. The molecule has 0 aliphatic carbocycles. The van der Waals surface area contributed by atoms with Crippen molar-refractivity contribution in [3.63, 3.8) is 0 Å². The van der Waals surface area contributed by atoms with E-state index in [1.807, 2.05) is 6.92 Å². The van der Waals surface area contributed by atoms with Crippen LogP contribution in [0.1, 0.15) is 17.4 Å². The Labute approximate surface area is 110 Å². The third-order valence-electron chi connectivity index (χ3n) is 2.35. The number of rotatable bonds is 6. The van der Waals surface area contributed by atoms with E-state index in [9.17, 15) is 4.79 Å². The van der Waals surface area contributed by atoms with Gasteiger partial charge in [0.1, 0.15) is 5.82 Å². The molecule has 19 heavy (non-hydrogen) atoms. The fourth-order valence-electron chi connectivity index (χ4n) is 1.46. The van der Waals surface area contributed by atoms with Crippen LogP contribution in [0.4, 0.5) is 5.82 Å². The van der Waals surface area contributed by atoms with Crippen LogP contribution in [0.25, 0.3) is 0 Å². The number of carbonyl (C=O) groups is 1. The first kappa shape index (κ1) is 12.9. The number of nitrogens with zero attached hydrogens (tertiary/aromatic N) is 5. The van der Waals surface area contributed by atoms with Gasteiger partial charge in [0.2, 0.25) is 0 Å². The lowest BCUT2D eigenvalue weighted by atomic mass is 10.3. The van der Waals surface area contributed by atoms with Crippen LogP contribution in [-0.4, -0.2) is 44.2 Å². The number of anilines is 1. The van der Waals surface area contributed by atoms with E-state index in [1.54, 1.807) is 29.2 Å². The highest BCUT2D eigenvalue weighted by Gasteiger charge is 2.07. The summed E-state index contributed by atoms with van der Waals surface area (Å²) in [5.74, 6) is 0.400. The van der Waals surface area contributed by atoms with Crippen LogP contribution in [0.3, 0.4) is 0 Å². The van der Waals surface area contributed by atoms with Crippen molar-refractivity contribution in [1.29, 1.82) is 0 Å². The molecular weight excluding hydrogens is 246 g/mol. The Balaban J connectivity index is 1.82. The molecular formula is C11H15N7O. The van der Waals surface area contributed by atoms with E-state index in [0.29, 0.717) is 24.6 Å². The van der Waals surface area contributed by atoms with Crippen LogP contribution < -0.4 is 10.6 Å². The highest BCUT2D eigenvalue weighted by Crippen LogP contribution is 2.01. The summed E-state index contributed by atoms with van der Waals surface area (Å²) in [5, 5.41) is 21.0. The van der Waals surface area contributed by atoms with Gasteiger partial charge in [0, 0.05) is 19.3 Å². The van der Waals surface area contributed by atoms with Gasteiger partial charge in [-0.1, -0.05) is 5.21 Å². The highest BCUT2D eigenvalue weighted by molar-refractivity contribution is 5.92. The van der Waals surface area contributed by atoms with Crippen LogP contribution in [0, 0.1) is 0 Å². The van der Waals surface area contributed by atoms with Gasteiger partial charge in [-0.05, 0) is 19.1 Å². The van der Waals surface area contributed by atoms with Crippen LogP contribution >= 0.6 is 0 Å². The molecule has 0 unspecified atom stereocenters. The van der Waals surface area contributed by atoms with Crippen molar-refractivity contribution in [2.45, 2.75) is 13.5 Å². The first-order chi connectivity index (χ1) is 9.29. The predicted octanol–water partition coefficient (Wildman–Crippen LogP) is -0.0701. The second-order valence-electron chi connectivity index (χ2n) is 3.76. The number of hydrogen-bond acceptors (Lipinski definition) is 6. The van der Waals surface area contributed by atoms with E-state index in [1.165, 1.54) is 0 Å². The molecule has 2 aromatic rings. The zero-order chi connectivity index (χ0) is 13.5. The minimum Gasteiger partial charge on any atom is -0.369 e. The van der Waals surface area contributed by atoms with Crippen LogP contribution in [0.2, 0.25) is 0 Å². The minimum absolute atomic E-state index is 0.254. The molecule has 0 atom stereocenters. The van der Waals surface area contributed by atoms with E-state index >= 15 is 0 Å². The van der Waals surface area contributed by atoms with Crippen LogP contribution in [-0.2, 0) is 6.54 Å². The summed E-state index contributed by atoms with van der Waals surface area (Å²) in [6.45, 7) is 3.75. The van der Waals surface area contributed by atoms with E-state index in [-0.39, 0.29) is 5.91 Å². The molecule has 0 saturated carbocycles. The summed E-state index contributed by atoms with van der Waals surface area (Å²) < 4.78 is 1.64. The number of hydrogen-bond donors (Lipinski definition) is 2. The summed E-state index contributed by atoms with van der Waals surface area (Å²) in [6, 6.07) is 3.36. The summed E-state index contributed by atoms with van der Waals surface area (Å²) in [6.07, 6.45) is 3.32. The largest absolute Gasteiger partial charge is 0.369 e. The van der Waals surface area contributed by atoms with Gasteiger partial charge >= 0.3 is 0 Å². The Hall–Kier alpha value is -2.51. The lowest BCUT2D eigenvalue weighted by Gasteiger charge is -2.05. The van der Waals surface area contributed by atoms with Crippen LogP contribution in [0.5, 0.6) is 0 Å². The molecule has 2 heterocycles. The van der Waals surface area contributed by atoms with Gasteiger partial charge < -0.3 is 10.6 Å². The van der Waals surface area contributed by atoms with Crippen molar-refractivity contribution >= 4 is 11.7 Å². The van der Waals surface area contributed by atoms with Gasteiger partial charge in [-0.25, -0.2) is 0 Å². The lowest BCUT2D eigenvalue weighted by molar-refractivity contribution is 0.0946. The van der Waals surface area contributed by atoms with Crippen molar-refractivity contribution in [2.24, 2.45) is 0 Å². The van der Waals surface area contributed by atoms with Crippen LogP contribution in [0.15, 0.2) is 24.5 Å². The SMILES string of the molecule is CCNc1ccc(C(=O)NCCn2ccnn2)nn1. The Morgan fingerprint density at radius 1 is 1.37 bits per heavy atom. The Bertz CT molecular complexity index is 508. The third-order valence-corrected chi connectivity index (χ3v) is 2.35. The molecule has 0 fully saturated rings. The summed E-state index contributed by atoms with van der Waals surface area (Å²) in [5.41, 5.74) is 0.292. The van der Waals surface area contributed by atoms with E-state index in [4.69, 9.17) is 0 Å². The van der Waals surface area contributed by atoms with E-state index in [0.717, 1.165) is 6.54 Å². The summed E-state index contributed by atoms with van der Waals surface area (Å²) in [7, 11) is 0. The topological polar surface area (TPSA) is 97.6 Å². The second-order valence-corrected chi connectivity index (χ2v) is 3.76. The molecule has 0 aromatic carbocycles. The molecule has 2 aromatic heterocycles. The average molecular weight is 261 g/mol. The Morgan fingerprint density at radius 3 is 2.89 bits per heavy atom. The first-order valence-corrected chi connectivity index (χ1v) is 5.99. The van der Waals surface area contributed by atoms with Gasteiger partial charge in [-0.3, -0.25) is 9.48 Å². The van der Waals surface area contributed by atoms with Gasteiger partial charge in [0.25, 0.3) is 5.91 Å².